The molecule has 1 aliphatic rings. The number of fused-ring (bicyclic) bond motifs is 1. The van der Waals surface area contributed by atoms with Crippen molar-refractivity contribution in [2.24, 2.45) is 0 Å². The highest BCUT2D eigenvalue weighted by molar-refractivity contribution is 7.14. The predicted octanol–water partition coefficient (Wildman–Crippen LogP) is 3.49. The van der Waals surface area contributed by atoms with E-state index in [9.17, 15) is 4.79 Å². The van der Waals surface area contributed by atoms with Gasteiger partial charge in [-0.1, -0.05) is 0 Å². The van der Waals surface area contributed by atoms with Gasteiger partial charge in [-0.3, -0.25) is 4.79 Å². The molecule has 104 valence electrons. The van der Waals surface area contributed by atoms with Crippen LogP contribution < -0.4 is 9.47 Å². The van der Waals surface area contributed by atoms with Gasteiger partial charge in [0.15, 0.2) is 0 Å². The highest BCUT2D eigenvalue weighted by Crippen LogP contribution is 2.34. The molecule has 0 radical (unpaired) electrons. The largest absolute Gasteiger partial charge is 0.497 e. The molecule has 3 nitrogen and oxygen atoms in total. The third kappa shape index (κ3) is 2.20. The van der Waals surface area contributed by atoms with E-state index < -0.39 is 0 Å². The van der Waals surface area contributed by atoms with Crippen LogP contribution in [-0.4, -0.2) is 20.0 Å². The van der Waals surface area contributed by atoms with Gasteiger partial charge in [0, 0.05) is 10.9 Å². The number of hydrogen-bond acceptors (Lipinski definition) is 4. The highest BCUT2D eigenvalue weighted by Gasteiger charge is 2.21. The monoisotopic (exact) mass is 288 g/mol. The Morgan fingerprint density at radius 3 is 2.70 bits per heavy atom. The zero-order valence-electron chi connectivity index (χ0n) is 11.6. The summed E-state index contributed by atoms with van der Waals surface area (Å²) in [5.41, 5.74) is 1.93. The lowest BCUT2D eigenvalue weighted by Gasteiger charge is -2.08. The van der Waals surface area contributed by atoms with E-state index in [1.54, 1.807) is 43.8 Å². The van der Waals surface area contributed by atoms with Crippen LogP contribution in [0.2, 0.25) is 0 Å². The van der Waals surface area contributed by atoms with Crippen molar-refractivity contribution < 1.29 is 14.3 Å². The topological polar surface area (TPSA) is 35.5 Å². The van der Waals surface area contributed by atoms with Gasteiger partial charge in [-0.2, -0.15) is 0 Å². The number of benzene rings is 1. The summed E-state index contributed by atoms with van der Waals surface area (Å²) < 4.78 is 10.5. The Balaban J connectivity index is 1.97. The summed E-state index contributed by atoms with van der Waals surface area (Å²) in [5.74, 6) is 1.28. The molecule has 0 unspecified atom stereocenters. The molecule has 0 amide bonds. The molecule has 20 heavy (non-hydrogen) atoms. The maximum atomic E-state index is 12.6. The number of ether oxygens (including phenoxy) is 2. The lowest BCUT2D eigenvalue weighted by atomic mass is 10.1. The summed E-state index contributed by atoms with van der Waals surface area (Å²) in [6.45, 7) is 0. The first kappa shape index (κ1) is 13.2. The molecule has 1 heterocycles. The van der Waals surface area contributed by atoms with Crippen molar-refractivity contribution in [2.45, 2.75) is 19.3 Å². The van der Waals surface area contributed by atoms with E-state index >= 15 is 0 Å². The van der Waals surface area contributed by atoms with Crippen LogP contribution in [0.5, 0.6) is 11.5 Å². The van der Waals surface area contributed by atoms with Crippen LogP contribution in [0, 0.1) is 0 Å². The minimum atomic E-state index is 0.0314. The Morgan fingerprint density at radius 1 is 1.15 bits per heavy atom. The van der Waals surface area contributed by atoms with Crippen LogP contribution in [-0.2, 0) is 12.8 Å². The van der Waals surface area contributed by atoms with Gasteiger partial charge in [0.1, 0.15) is 11.5 Å². The van der Waals surface area contributed by atoms with Crippen molar-refractivity contribution in [3.8, 4) is 11.5 Å². The minimum absolute atomic E-state index is 0.0314. The minimum Gasteiger partial charge on any atom is -0.497 e. The Labute approximate surface area is 122 Å². The predicted molar refractivity (Wildman–Crippen MR) is 79.3 cm³/mol. The molecule has 2 aromatic rings. The number of carbonyl (C=O) groups excluding carboxylic acids is 1. The molecule has 0 atom stereocenters. The van der Waals surface area contributed by atoms with Crippen LogP contribution in [0.4, 0.5) is 0 Å². The van der Waals surface area contributed by atoms with Crippen LogP contribution >= 0.6 is 11.3 Å². The first-order valence-electron chi connectivity index (χ1n) is 6.61. The lowest BCUT2D eigenvalue weighted by molar-refractivity contribution is 0.103. The van der Waals surface area contributed by atoms with E-state index in [4.69, 9.17) is 9.47 Å². The Bertz CT molecular complexity index is 636. The molecule has 0 N–H and O–H groups in total. The molecule has 0 spiro atoms. The van der Waals surface area contributed by atoms with E-state index in [1.165, 1.54) is 16.9 Å². The lowest BCUT2D eigenvalue weighted by Crippen LogP contribution is -2.02. The van der Waals surface area contributed by atoms with Crippen LogP contribution in [0.3, 0.4) is 0 Å². The summed E-state index contributed by atoms with van der Waals surface area (Å²) in [6.07, 6.45) is 3.41. The van der Waals surface area contributed by atoms with Crippen molar-refractivity contribution >= 4 is 17.1 Å². The fraction of sp³-hybridized carbons (Fsp3) is 0.312. The number of aryl methyl sites for hydroxylation is 2. The van der Waals surface area contributed by atoms with Crippen LogP contribution in [0.15, 0.2) is 24.3 Å². The summed E-state index contributed by atoms with van der Waals surface area (Å²) in [4.78, 5) is 14.8. The number of thiophene rings is 1. The average Bonchev–Trinajstić information content (AvgIpc) is 3.07. The molecule has 0 fully saturated rings. The fourth-order valence-corrected chi connectivity index (χ4v) is 3.77. The zero-order chi connectivity index (χ0) is 14.1. The Hall–Kier alpha value is -1.81. The van der Waals surface area contributed by atoms with Gasteiger partial charge in [0.05, 0.1) is 24.7 Å². The van der Waals surface area contributed by atoms with Crippen LogP contribution in [0.25, 0.3) is 0 Å². The summed E-state index contributed by atoms with van der Waals surface area (Å²) in [6, 6.07) is 7.34. The molecule has 1 aliphatic carbocycles. The van der Waals surface area contributed by atoms with Crippen molar-refractivity contribution in [2.75, 3.05) is 14.2 Å². The molecule has 3 rings (SSSR count). The summed E-state index contributed by atoms with van der Waals surface area (Å²) >= 11 is 1.62. The van der Waals surface area contributed by atoms with Gasteiger partial charge >= 0.3 is 0 Å². The summed E-state index contributed by atoms with van der Waals surface area (Å²) in [5, 5.41) is 0. The van der Waals surface area contributed by atoms with Gasteiger partial charge in [-0.05, 0) is 43.0 Å². The number of hydrogen-bond donors (Lipinski definition) is 0. The maximum Gasteiger partial charge on any atom is 0.206 e. The second kappa shape index (κ2) is 5.29. The molecule has 1 aromatic heterocycles. The van der Waals surface area contributed by atoms with E-state index in [-0.39, 0.29) is 5.78 Å². The number of carbonyl (C=O) groups is 1. The van der Waals surface area contributed by atoms with Crippen molar-refractivity contribution in [3.63, 3.8) is 0 Å². The van der Waals surface area contributed by atoms with E-state index in [1.807, 2.05) is 6.07 Å². The average molecular weight is 288 g/mol. The van der Waals surface area contributed by atoms with E-state index in [2.05, 4.69) is 0 Å². The molecular weight excluding hydrogens is 272 g/mol. The molecule has 0 aliphatic heterocycles. The molecule has 0 saturated carbocycles. The van der Waals surface area contributed by atoms with Gasteiger partial charge in [-0.15, -0.1) is 11.3 Å². The molecule has 1 aromatic carbocycles. The smallest absolute Gasteiger partial charge is 0.206 e. The first-order valence-corrected chi connectivity index (χ1v) is 7.43. The quantitative estimate of drug-likeness (QED) is 0.808. The number of methoxy groups -OCH3 is 2. The fourth-order valence-electron chi connectivity index (χ4n) is 2.56. The van der Waals surface area contributed by atoms with Gasteiger partial charge < -0.3 is 9.47 Å². The Morgan fingerprint density at radius 2 is 2.00 bits per heavy atom. The van der Waals surface area contributed by atoms with Crippen molar-refractivity contribution in [1.29, 1.82) is 0 Å². The molecule has 4 heteroatoms. The maximum absolute atomic E-state index is 12.6. The van der Waals surface area contributed by atoms with E-state index in [0.29, 0.717) is 17.1 Å². The SMILES string of the molecule is COc1ccc(C(=O)c2cc3c(s2)CCC3)c(OC)c1. The second-order valence-electron chi connectivity index (χ2n) is 4.81. The zero-order valence-corrected chi connectivity index (χ0v) is 12.4. The molecule has 0 bridgehead atoms. The van der Waals surface area contributed by atoms with Gasteiger partial charge in [0.25, 0.3) is 0 Å². The number of rotatable bonds is 4. The third-order valence-corrected chi connectivity index (χ3v) is 4.86. The second-order valence-corrected chi connectivity index (χ2v) is 5.94. The van der Waals surface area contributed by atoms with Crippen molar-refractivity contribution in [3.05, 3.63) is 45.1 Å². The first-order chi connectivity index (χ1) is 9.72. The Kier molecular flexibility index (Phi) is 3.49. The number of ketones is 1. The molecule has 0 saturated heterocycles. The molecular formula is C16H16O3S. The summed E-state index contributed by atoms with van der Waals surface area (Å²) in [7, 11) is 3.17. The third-order valence-electron chi connectivity index (χ3n) is 3.62. The highest BCUT2D eigenvalue weighted by atomic mass is 32.1. The standard InChI is InChI=1S/C16H16O3S/c1-18-11-6-7-12(13(9-11)19-2)16(17)15-8-10-4-3-5-14(10)20-15/h6-9H,3-5H2,1-2H3. The normalized spacial score (nSPS) is 13.1. The van der Waals surface area contributed by atoms with Crippen LogP contribution in [0.1, 0.15) is 32.1 Å². The van der Waals surface area contributed by atoms with E-state index in [0.717, 1.165) is 17.7 Å². The van der Waals surface area contributed by atoms with Gasteiger partial charge in [-0.25, -0.2) is 0 Å². The van der Waals surface area contributed by atoms with Crippen molar-refractivity contribution in [1.82, 2.24) is 0 Å². The van der Waals surface area contributed by atoms with Gasteiger partial charge in [0.2, 0.25) is 5.78 Å².